The Hall–Kier alpha value is -1.40. The lowest BCUT2D eigenvalue weighted by molar-refractivity contribution is -0.122. The van der Waals surface area contributed by atoms with Crippen molar-refractivity contribution in [2.75, 3.05) is 10.7 Å². The molecule has 4 N–H and O–H groups in total. The fraction of sp³-hybridized carbons (Fsp3) is 0.444. The molecule has 16 heavy (non-hydrogen) atoms. The van der Waals surface area contributed by atoms with Gasteiger partial charge in [0, 0.05) is 5.92 Å². The van der Waals surface area contributed by atoms with Gasteiger partial charge in [0.05, 0.1) is 6.20 Å². The zero-order chi connectivity index (χ0) is 11.5. The van der Waals surface area contributed by atoms with Crippen LogP contribution < -0.4 is 16.6 Å². The third-order valence-electron chi connectivity index (χ3n) is 2.63. The summed E-state index contributed by atoms with van der Waals surface area (Å²) in [5.74, 6) is 5.66. The summed E-state index contributed by atoms with van der Waals surface area (Å²) < 4.78 is 0. The first-order chi connectivity index (χ1) is 7.70. The Balaban J connectivity index is 2.10. The predicted octanol–water partition coefficient (Wildman–Crippen LogP) is 1.15. The Bertz CT molecular complexity index is 407. The van der Waals surface area contributed by atoms with Gasteiger partial charge < -0.3 is 10.7 Å². The summed E-state index contributed by atoms with van der Waals surface area (Å²) in [7, 11) is 0. The van der Waals surface area contributed by atoms with Crippen LogP contribution in [0.15, 0.2) is 6.20 Å². The third-order valence-corrected chi connectivity index (χ3v) is 2.81. The van der Waals surface area contributed by atoms with E-state index in [1.807, 2.05) is 0 Å². The zero-order valence-corrected chi connectivity index (χ0v) is 9.29. The van der Waals surface area contributed by atoms with Gasteiger partial charge in [0.25, 0.3) is 0 Å². The van der Waals surface area contributed by atoms with Gasteiger partial charge in [0.15, 0.2) is 5.82 Å². The summed E-state index contributed by atoms with van der Waals surface area (Å²) in [6.45, 7) is 0. The molecule has 0 saturated heterocycles. The van der Waals surface area contributed by atoms with Gasteiger partial charge in [-0.15, -0.1) is 0 Å². The molecule has 1 heterocycles. The molecular formula is C9H12ClN5O. The van der Waals surface area contributed by atoms with Crippen molar-refractivity contribution in [3.05, 3.63) is 11.5 Å². The molecule has 1 fully saturated rings. The maximum absolute atomic E-state index is 11.7. The molecule has 1 aromatic rings. The number of hydrazine groups is 1. The summed E-state index contributed by atoms with van der Waals surface area (Å²) >= 11 is 5.60. The minimum absolute atomic E-state index is 0.0197. The van der Waals surface area contributed by atoms with Crippen LogP contribution in [-0.4, -0.2) is 15.9 Å². The van der Waals surface area contributed by atoms with Crippen molar-refractivity contribution in [1.29, 1.82) is 0 Å². The van der Waals surface area contributed by atoms with E-state index in [9.17, 15) is 4.79 Å². The lowest BCUT2D eigenvalue weighted by Gasteiger charge is -2.24. The molecule has 1 amide bonds. The molecule has 0 aliphatic heterocycles. The fourth-order valence-corrected chi connectivity index (χ4v) is 1.60. The number of anilines is 2. The van der Waals surface area contributed by atoms with Crippen molar-refractivity contribution in [3.63, 3.8) is 0 Å². The first-order valence-corrected chi connectivity index (χ1v) is 5.38. The maximum atomic E-state index is 11.7. The highest BCUT2D eigenvalue weighted by atomic mass is 35.5. The van der Waals surface area contributed by atoms with Crippen LogP contribution in [0.4, 0.5) is 11.5 Å². The number of carbonyl (C=O) groups is 1. The van der Waals surface area contributed by atoms with E-state index in [1.54, 1.807) is 0 Å². The summed E-state index contributed by atoms with van der Waals surface area (Å²) in [5.41, 5.74) is 2.81. The highest BCUT2D eigenvalue weighted by molar-refractivity contribution is 6.28. The second kappa shape index (κ2) is 4.63. The molecule has 0 atom stereocenters. The average Bonchev–Trinajstić information content (AvgIpc) is 2.18. The van der Waals surface area contributed by atoms with Crippen LogP contribution in [0.1, 0.15) is 19.3 Å². The summed E-state index contributed by atoms with van der Waals surface area (Å²) in [5, 5.41) is 2.80. The smallest absolute Gasteiger partial charge is 0.227 e. The molecule has 0 radical (unpaired) electrons. The Labute approximate surface area is 97.6 Å². The van der Waals surface area contributed by atoms with Gasteiger partial charge in [-0.3, -0.25) is 4.79 Å². The number of nitrogen functional groups attached to an aromatic ring is 1. The van der Waals surface area contributed by atoms with Crippen molar-refractivity contribution in [2.24, 2.45) is 11.8 Å². The number of amides is 1. The summed E-state index contributed by atoms with van der Waals surface area (Å²) in [6.07, 6.45) is 4.41. The van der Waals surface area contributed by atoms with Crippen LogP contribution in [0.2, 0.25) is 5.28 Å². The lowest BCUT2D eigenvalue weighted by atomic mass is 9.85. The second-order valence-corrected chi connectivity index (χ2v) is 4.00. The average molecular weight is 242 g/mol. The van der Waals surface area contributed by atoms with E-state index in [0.717, 1.165) is 19.3 Å². The van der Waals surface area contributed by atoms with E-state index in [0.29, 0.717) is 11.5 Å². The van der Waals surface area contributed by atoms with Gasteiger partial charge in [-0.1, -0.05) is 6.42 Å². The zero-order valence-electron chi connectivity index (χ0n) is 8.53. The van der Waals surface area contributed by atoms with Gasteiger partial charge in [0.1, 0.15) is 5.69 Å². The molecule has 1 aliphatic rings. The summed E-state index contributed by atoms with van der Waals surface area (Å²) in [6, 6.07) is 0. The summed E-state index contributed by atoms with van der Waals surface area (Å²) in [4.78, 5) is 19.3. The van der Waals surface area contributed by atoms with E-state index < -0.39 is 0 Å². The van der Waals surface area contributed by atoms with Crippen LogP contribution in [-0.2, 0) is 4.79 Å². The highest BCUT2D eigenvalue weighted by Gasteiger charge is 2.25. The van der Waals surface area contributed by atoms with Crippen LogP contribution in [0.3, 0.4) is 0 Å². The topological polar surface area (TPSA) is 92.9 Å². The van der Waals surface area contributed by atoms with Crippen LogP contribution in [0, 0.1) is 5.92 Å². The number of rotatable bonds is 3. The first-order valence-electron chi connectivity index (χ1n) is 5.00. The normalized spacial score (nSPS) is 15.4. The molecule has 0 unspecified atom stereocenters. The number of nitrogens with zero attached hydrogens (tertiary/aromatic N) is 2. The molecule has 0 spiro atoms. The number of aromatic nitrogens is 2. The minimum atomic E-state index is -0.0197. The van der Waals surface area contributed by atoms with Crippen LogP contribution >= 0.6 is 11.6 Å². The van der Waals surface area contributed by atoms with Gasteiger partial charge in [0.2, 0.25) is 11.2 Å². The van der Waals surface area contributed by atoms with Crippen molar-refractivity contribution in [2.45, 2.75) is 19.3 Å². The van der Waals surface area contributed by atoms with E-state index in [2.05, 4.69) is 20.7 Å². The Morgan fingerprint density at radius 3 is 2.88 bits per heavy atom. The third kappa shape index (κ3) is 2.23. The molecule has 0 aromatic carbocycles. The number of hydrogen-bond donors (Lipinski definition) is 3. The van der Waals surface area contributed by atoms with Crippen molar-refractivity contribution < 1.29 is 4.79 Å². The molecular weight excluding hydrogens is 230 g/mol. The van der Waals surface area contributed by atoms with E-state index >= 15 is 0 Å². The second-order valence-electron chi connectivity index (χ2n) is 3.66. The number of halogens is 1. The van der Waals surface area contributed by atoms with Gasteiger partial charge >= 0.3 is 0 Å². The largest absolute Gasteiger partial charge is 0.321 e. The van der Waals surface area contributed by atoms with Gasteiger partial charge in [-0.25, -0.2) is 10.8 Å². The molecule has 86 valence electrons. The molecule has 1 saturated carbocycles. The molecule has 6 nitrogen and oxygen atoms in total. The van der Waals surface area contributed by atoms with Crippen LogP contribution in [0.5, 0.6) is 0 Å². The van der Waals surface area contributed by atoms with Crippen LogP contribution in [0.25, 0.3) is 0 Å². The van der Waals surface area contributed by atoms with E-state index in [-0.39, 0.29) is 17.1 Å². The predicted molar refractivity (Wildman–Crippen MR) is 60.8 cm³/mol. The van der Waals surface area contributed by atoms with Gasteiger partial charge in [-0.05, 0) is 24.4 Å². The maximum Gasteiger partial charge on any atom is 0.227 e. The Kier molecular flexibility index (Phi) is 3.21. The van der Waals surface area contributed by atoms with Crippen molar-refractivity contribution in [3.8, 4) is 0 Å². The molecule has 1 aromatic heterocycles. The number of nitrogens with two attached hydrogens (primary N) is 1. The van der Waals surface area contributed by atoms with Gasteiger partial charge in [-0.2, -0.15) is 4.98 Å². The molecule has 7 heteroatoms. The molecule has 0 bridgehead atoms. The highest BCUT2D eigenvalue weighted by Crippen LogP contribution is 2.28. The van der Waals surface area contributed by atoms with E-state index in [1.165, 1.54) is 6.20 Å². The minimum Gasteiger partial charge on any atom is -0.321 e. The molecule has 2 rings (SSSR count). The molecule has 1 aliphatic carbocycles. The first kappa shape index (κ1) is 11.1. The number of nitrogens with one attached hydrogen (secondary N) is 2. The standard InChI is InChI=1S/C9H12ClN5O/c10-9-12-4-6(7(14-9)15-11)13-8(16)5-2-1-3-5/h4-5H,1-3,11H2,(H,13,16)(H,12,14,15). The van der Waals surface area contributed by atoms with E-state index in [4.69, 9.17) is 17.4 Å². The Morgan fingerprint density at radius 1 is 1.56 bits per heavy atom. The lowest BCUT2D eigenvalue weighted by Crippen LogP contribution is -2.28. The SMILES string of the molecule is NNc1nc(Cl)ncc1NC(=O)C1CCC1. The quantitative estimate of drug-likeness (QED) is 0.419. The fourth-order valence-electron chi connectivity index (χ4n) is 1.47. The monoisotopic (exact) mass is 241 g/mol. The number of hydrogen-bond acceptors (Lipinski definition) is 5. The Morgan fingerprint density at radius 2 is 2.31 bits per heavy atom. The van der Waals surface area contributed by atoms with Crippen molar-refractivity contribution >= 4 is 29.0 Å². The van der Waals surface area contributed by atoms with Crippen molar-refractivity contribution in [1.82, 2.24) is 9.97 Å². The number of carbonyl (C=O) groups excluding carboxylic acids is 1.